The number of nitrogens with one attached hydrogen (secondary N) is 2. The normalized spacial score (nSPS) is 10.4. The fourth-order valence-corrected chi connectivity index (χ4v) is 2.47. The molecule has 0 aliphatic rings. The number of ether oxygens (including phenoxy) is 2. The van der Waals surface area contributed by atoms with Gasteiger partial charge in [0.1, 0.15) is 11.5 Å². The summed E-state index contributed by atoms with van der Waals surface area (Å²) in [6.45, 7) is 4.57. The van der Waals surface area contributed by atoms with Gasteiger partial charge in [0.05, 0.1) is 20.6 Å². The third-order valence-corrected chi connectivity index (χ3v) is 3.68. The van der Waals surface area contributed by atoms with Gasteiger partial charge in [-0.15, -0.1) is 0 Å². The van der Waals surface area contributed by atoms with Crippen molar-refractivity contribution in [3.05, 3.63) is 53.6 Å². The van der Waals surface area contributed by atoms with Crippen molar-refractivity contribution in [3.8, 4) is 11.5 Å². The maximum Gasteiger partial charge on any atom is 0.224 e. The summed E-state index contributed by atoms with van der Waals surface area (Å²) in [4.78, 5) is 11.8. The second kappa shape index (κ2) is 8.97. The molecule has 0 unspecified atom stereocenters. The van der Waals surface area contributed by atoms with Crippen molar-refractivity contribution >= 4 is 11.6 Å². The minimum Gasteiger partial charge on any atom is -0.497 e. The first-order chi connectivity index (χ1) is 12.0. The van der Waals surface area contributed by atoms with Crippen LogP contribution in [-0.4, -0.2) is 26.2 Å². The third kappa shape index (κ3) is 6.03. The number of carbonyl (C=O) groups is 1. The molecule has 5 nitrogen and oxygen atoms in total. The number of hydrogen-bond acceptors (Lipinski definition) is 4. The molecule has 0 fully saturated rings. The maximum absolute atomic E-state index is 11.8. The number of anilines is 1. The van der Waals surface area contributed by atoms with Crippen molar-refractivity contribution in [2.75, 3.05) is 19.5 Å². The summed E-state index contributed by atoms with van der Waals surface area (Å²) in [6.07, 6.45) is 0.394. The molecule has 134 valence electrons. The first-order valence-corrected chi connectivity index (χ1v) is 8.34. The zero-order chi connectivity index (χ0) is 18.2. The molecular weight excluding hydrogens is 316 g/mol. The average molecular weight is 342 g/mol. The van der Waals surface area contributed by atoms with E-state index in [1.165, 1.54) is 0 Å². The standard InChI is InChI=1S/C20H26N2O3/c1-14(2)22-20(23)11-15-5-7-17(8-6-15)21-13-16-9-18(24-3)12-19(10-16)25-4/h5-10,12,14,21H,11,13H2,1-4H3,(H,22,23). The Labute approximate surface area is 149 Å². The molecule has 0 saturated heterocycles. The molecule has 0 aliphatic heterocycles. The van der Waals surface area contributed by atoms with E-state index in [0.717, 1.165) is 28.3 Å². The lowest BCUT2D eigenvalue weighted by Crippen LogP contribution is -2.31. The van der Waals surface area contributed by atoms with Crippen molar-refractivity contribution in [2.45, 2.75) is 32.9 Å². The maximum atomic E-state index is 11.8. The second-order valence-electron chi connectivity index (χ2n) is 6.17. The van der Waals surface area contributed by atoms with Gasteiger partial charge in [0.2, 0.25) is 5.91 Å². The fourth-order valence-electron chi connectivity index (χ4n) is 2.47. The molecule has 25 heavy (non-hydrogen) atoms. The number of benzene rings is 2. The molecule has 2 N–H and O–H groups in total. The van der Waals surface area contributed by atoms with Crippen LogP contribution < -0.4 is 20.1 Å². The molecule has 2 aromatic carbocycles. The molecule has 2 aromatic rings. The van der Waals surface area contributed by atoms with Gasteiger partial charge in [-0.05, 0) is 49.2 Å². The van der Waals surface area contributed by atoms with Gasteiger partial charge in [0.15, 0.2) is 0 Å². The van der Waals surface area contributed by atoms with E-state index in [9.17, 15) is 4.79 Å². The topological polar surface area (TPSA) is 59.6 Å². The minimum atomic E-state index is 0.0409. The van der Waals surface area contributed by atoms with Crippen LogP contribution in [0.5, 0.6) is 11.5 Å². The highest BCUT2D eigenvalue weighted by Gasteiger charge is 2.05. The Morgan fingerprint density at radius 1 is 0.960 bits per heavy atom. The van der Waals surface area contributed by atoms with E-state index in [0.29, 0.717) is 13.0 Å². The number of rotatable bonds is 8. The summed E-state index contributed by atoms with van der Waals surface area (Å²) in [5.41, 5.74) is 3.05. The van der Waals surface area contributed by atoms with Gasteiger partial charge in [-0.1, -0.05) is 12.1 Å². The first kappa shape index (κ1) is 18.6. The monoisotopic (exact) mass is 342 g/mol. The predicted octanol–water partition coefficient (Wildman–Crippen LogP) is 3.38. The van der Waals surface area contributed by atoms with Crippen LogP contribution in [0, 0.1) is 0 Å². The Morgan fingerprint density at radius 2 is 1.56 bits per heavy atom. The van der Waals surface area contributed by atoms with Crippen molar-refractivity contribution in [1.82, 2.24) is 5.32 Å². The van der Waals surface area contributed by atoms with Crippen molar-refractivity contribution in [1.29, 1.82) is 0 Å². The van der Waals surface area contributed by atoms with Crippen LogP contribution in [0.15, 0.2) is 42.5 Å². The van der Waals surface area contributed by atoms with E-state index in [4.69, 9.17) is 9.47 Å². The largest absolute Gasteiger partial charge is 0.497 e. The van der Waals surface area contributed by atoms with Gasteiger partial charge in [-0.2, -0.15) is 0 Å². The molecule has 0 atom stereocenters. The predicted molar refractivity (Wildman–Crippen MR) is 100 cm³/mol. The smallest absolute Gasteiger partial charge is 0.224 e. The molecular formula is C20H26N2O3. The fraction of sp³-hybridized carbons (Fsp3) is 0.350. The molecule has 1 amide bonds. The lowest BCUT2D eigenvalue weighted by Gasteiger charge is -2.11. The van der Waals surface area contributed by atoms with Crippen LogP contribution in [0.4, 0.5) is 5.69 Å². The van der Waals surface area contributed by atoms with E-state index in [1.54, 1.807) is 14.2 Å². The molecule has 5 heteroatoms. The summed E-state index contributed by atoms with van der Waals surface area (Å²) >= 11 is 0. The minimum absolute atomic E-state index is 0.0409. The highest BCUT2D eigenvalue weighted by Crippen LogP contribution is 2.23. The Morgan fingerprint density at radius 3 is 2.08 bits per heavy atom. The van der Waals surface area contributed by atoms with Crippen molar-refractivity contribution in [2.24, 2.45) is 0 Å². The zero-order valence-electron chi connectivity index (χ0n) is 15.3. The lowest BCUT2D eigenvalue weighted by atomic mass is 10.1. The van der Waals surface area contributed by atoms with E-state index in [-0.39, 0.29) is 11.9 Å². The van der Waals surface area contributed by atoms with Crippen LogP contribution in [0.2, 0.25) is 0 Å². The van der Waals surface area contributed by atoms with Crippen LogP contribution in [-0.2, 0) is 17.8 Å². The van der Waals surface area contributed by atoms with E-state index < -0.39 is 0 Å². The molecule has 0 aromatic heterocycles. The molecule has 0 spiro atoms. The second-order valence-corrected chi connectivity index (χ2v) is 6.17. The summed E-state index contributed by atoms with van der Waals surface area (Å²) in [7, 11) is 3.28. The van der Waals surface area contributed by atoms with Crippen molar-refractivity contribution in [3.63, 3.8) is 0 Å². The molecule has 0 radical (unpaired) electrons. The van der Waals surface area contributed by atoms with E-state index in [2.05, 4.69) is 10.6 Å². The Bertz CT molecular complexity index is 674. The van der Waals surface area contributed by atoms with Crippen LogP contribution in [0.25, 0.3) is 0 Å². The first-order valence-electron chi connectivity index (χ1n) is 8.34. The summed E-state index contributed by atoms with van der Waals surface area (Å²) in [5, 5.41) is 6.26. The van der Waals surface area contributed by atoms with Gasteiger partial charge < -0.3 is 20.1 Å². The van der Waals surface area contributed by atoms with Gasteiger partial charge in [0.25, 0.3) is 0 Å². The molecule has 0 saturated carbocycles. The molecule has 0 heterocycles. The molecule has 2 rings (SSSR count). The number of hydrogen-bond donors (Lipinski definition) is 2. The number of carbonyl (C=O) groups excluding carboxylic acids is 1. The van der Waals surface area contributed by atoms with Crippen LogP contribution in [0.3, 0.4) is 0 Å². The Kier molecular flexibility index (Phi) is 6.69. The zero-order valence-corrected chi connectivity index (χ0v) is 15.3. The SMILES string of the molecule is COc1cc(CNc2ccc(CC(=O)NC(C)C)cc2)cc(OC)c1. The highest BCUT2D eigenvalue weighted by atomic mass is 16.5. The molecule has 0 bridgehead atoms. The van der Waals surface area contributed by atoms with Gasteiger partial charge in [0, 0.05) is 24.3 Å². The number of amides is 1. The summed E-state index contributed by atoms with van der Waals surface area (Å²) in [5.74, 6) is 1.57. The highest BCUT2D eigenvalue weighted by molar-refractivity contribution is 5.78. The quantitative estimate of drug-likeness (QED) is 0.772. The van der Waals surface area contributed by atoms with Gasteiger partial charge in [-0.3, -0.25) is 4.79 Å². The van der Waals surface area contributed by atoms with Crippen LogP contribution in [0.1, 0.15) is 25.0 Å². The third-order valence-electron chi connectivity index (χ3n) is 3.68. The van der Waals surface area contributed by atoms with E-state index >= 15 is 0 Å². The van der Waals surface area contributed by atoms with Gasteiger partial charge in [-0.25, -0.2) is 0 Å². The van der Waals surface area contributed by atoms with Gasteiger partial charge >= 0.3 is 0 Å². The van der Waals surface area contributed by atoms with Crippen LogP contribution >= 0.6 is 0 Å². The van der Waals surface area contributed by atoms with E-state index in [1.807, 2.05) is 56.3 Å². The average Bonchev–Trinajstić information content (AvgIpc) is 2.60. The van der Waals surface area contributed by atoms with Crippen molar-refractivity contribution < 1.29 is 14.3 Å². The summed E-state index contributed by atoms with van der Waals surface area (Å²) < 4.78 is 10.6. The Hall–Kier alpha value is -2.69. The number of methoxy groups -OCH3 is 2. The lowest BCUT2D eigenvalue weighted by molar-refractivity contribution is -0.120. The summed E-state index contributed by atoms with van der Waals surface area (Å²) in [6, 6.07) is 13.8. The Balaban J connectivity index is 1.94. The molecule has 0 aliphatic carbocycles.